The summed E-state index contributed by atoms with van der Waals surface area (Å²) in [4.78, 5) is 11.9. The average molecular weight is 297 g/mol. The molecular formula is C13H16FN3O2S. The fourth-order valence-electron chi connectivity index (χ4n) is 1.87. The molecule has 20 heavy (non-hydrogen) atoms. The minimum absolute atomic E-state index is 0.0921. The molecule has 0 unspecified atom stereocenters. The zero-order valence-corrected chi connectivity index (χ0v) is 12.2. The predicted octanol–water partition coefficient (Wildman–Crippen LogP) is 2.50. The quantitative estimate of drug-likeness (QED) is 0.909. The third kappa shape index (κ3) is 2.78. The first-order chi connectivity index (χ1) is 9.41. The van der Waals surface area contributed by atoms with Crippen LogP contribution in [0.3, 0.4) is 0 Å². The highest BCUT2D eigenvalue weighted by molar-refractivity contribution is 7.99. The molecule has 1 heterocycles. The number of nitrogens with zero attached hydrogens (tertiary/aromatic N) is 2. The van der Waals surface area contributed by atoms with E-state index in [-0.39, 0.29) is 16.6 Å². The summed E-state index contributed by atoms with van der Waals surface area (Å²) in [5.74, 6) is -0.445. The molecular weight excluding hydrogens is 281 g/mol. The van der Waals surface area contributed by atoms with Gasteiger partial charge in [-0.3, -0.25) is 4.57 Å². The molecule has 0 spiro atoms. The molecule has 5 nitrogen and oxygen atoms in total. The van der Waals surface area contributed by atoms with E-state index in [0.29, 0.717) is 10.7 Å². The van der Waals surface area contributed by atoms with Gasteiger partial charge in [-0.25, -0.2) is 14.3 Å². The zero-order valence-electron chi connectivity index (χ0n) is 11.4. The van der Waals surface area contributed by atoms with Gasteiger partial charge in [0.1, 0.15) is 5.82 Å². The van der Waals surface area contributed by atoms with Crippen LogP contribution >= 0.6 is 11.8 Å². The molecule has 1 aromatic heterocycles. The highest BCUT2D eigenvalue weighted by Crippen LogP contribution is 2.34. The number of rotatable bonds is 4. The Labute approximate surface area is 119 Å². The van der Waals surface area contributed by atoms with Gasteiger partial charge in [-0.2, -0.15) is 0 Å². The highest BCUT2D eigenvalue weighted by atomic mass is 32.2. The number of aliphatic hydroxyl groups excluding tert-OH is 1. The molecule has 2 rings (SSSR count). The van der Waals surface area contributed by atoms with Gasteiger partial charge in [0.2, 0.25) is 0 Å². The smallest absolute Gasteiger partial charge is 0.344 e. The summed E-state index contributed by atoms with van der Waals surface area (Å²) in [6.07, 6.45) is -0.800. The first kappa shape index (κ1) is 14.8. The van der Waals surface area contributed by atoms with Crippen LogP contribution in [0.1, 0.15) is 38.5 Å². The Morgan fingerprint density at radius 2 is 2.10 bits per heavy atom. The van der Waals surface area contributed by atoms with Crippen LogP contribution in [0.15, 0.2) is 33.0 Å². The third-order valence-corrected chi connectivity index (χ3v) is 3.93. The number of hydrogen-bond donors (Lipinski definition) is 2. The summed E-state index contributed by atoms with van der Waals surface area (Å²) < 4.78 is 15.4. The second kappa shape index (κ2) is 5.80. The molecule has 2 aromatic rings. The van der Waals surface area contributed by atoms with Gasteiger partial charge in [0.05, 0.1) is 11.0 Å². The maximum atomic E-state index is 14.0. The lowest BCUT2D eigenvalue weighted by atomic mass is 10.1. The molecule has 0 aliphatic heterocycles. The Hall–Kier alpha value is -1.60. The molecule has 0 aliphatic carbocycles. The minimum Gasteiger partial charge on any atom is -0.389 e. The van der Waals surface area contributed by atoms with E-state index in [4.69, 9.17) is 0 Å². The van der Waals surface area contributed by atoms with Crippen LogP contribution in [0.25, 0.3) is 0 Å². The molecule has 1 aromatic carbocycles. The normalized spacial score (nSPS) is 12.9. The van der Waals surface area contributed by atoms with Gasteiger partial charge < -0.3 is 5.11 Å². The van der Waals surface area contributed by atoms with E-state index in [1.165, 1.54) is 10.6 Å². The van der Waals surface area contributed by atoms with Crippen LogP contribution in [-0.4, -0.2) is 19.9 Å². The van der Waals surface area contributed by atoms with Crippen LogP contribution < -0.4 is 5.69 Å². The molecule has 0 saturated heterocycles. The largest absolute Gasteiger partial charge is 0.389 e. The van der Waals surface area contributed by atoms with E-state index in [0.717, 1.165) is 11.8 Å². The topological polar surface area (TPSA) is 70.9 Å². The lowest BCUT2D eigenvalue weighted by Crippen LogP contribution is -2.19. The van der Waals surface area contributed by atoms with E-state index in [2.05, 4.69) is 10.2 Å². The standard InChI is InChI=1S/C13H16FN3O2S/c1-7(2)17-12(19)15-16-13(17)20-11-9(8(3)18)5-4-6-10(11)14/h4-8,18H,1-3H3,(H,15,19)/t8-/m1/s1. The number of aromatic nitrogens is 3. The molecule has 0 saturated carbocycles. The monoisotopic (exact) mass is 297 g/mol. The first-order valence-electron chi connectivity index (χ1n) is 6.23. The Balaban J connectivity index is 2.48. The molecule has 1 atom stereocenters. The summed E-state index contributed by atoms with van der Waals surface area (Å²) in [6, 6.07) is 4.42. The predicted molar refractivity (Wildman–Crippen MR) is 74.4 cm³/mol. The van der Waals surface area contributed by atoms with Gasteiger partial charge in [0.25, 0.3) is 0 Å². The summed E-state index contributed by atoms with van der Waals surface area (Å²) in [7, 11) is 0. The maximum absolute atomic E-state index is 14.0. The maximum Gasteiger partial charge on any atom is 0.344 e. The van der Waals surface area contributed by atoms with Crippen molar-refractivity contribution in [1.82, 2.24) is 14.8 Å². The van der Waals surface area contributed by atoms with Crippen molar-refractivity contribution in [2.45, 2.75) is 43.0 Å². The number of hydrogen-bond acceptors (Lipinski definition) is 4. The van der Waals surface area contributed by atoms with Crippen LogP contribution in [0.2, 0.25) is 0 Å². The van der Waals surface area contributed by atoms with Gasteiger partial charge in [-0.1, -0.05) is 12.1 Å². The summed E-state index contributed by atoms with van der Waals surface area (Å²) in [6.45, 7) is 5.26. The third-order valence-electron chi connectivity index (χ3n) is 2.83. The van der Waals surface area contributed by atoms with Gasteiger partial charge >= 0.3 is 5.69 Å². The van der Waals surface area contributed by atoms with Crippen molar-refractivity contribution in [3.63, 3.8) is 0 Å². The van der Waals surface area contributed by atoms with Crippen LogP contribution in [0, 0.1) is 5.82 Å². The second-order valence-corrected chi connectivity index (χ2v) is 5.69. The van der Waals surface area contributed by atoms with Gasteiger partial charge in [-0.15, -0.1) is 5.10 Å². The lowest BCUT2D eigenvalue weighted by molar-refractivity contribution is 0.195. The second-order valence-electron chi connectivity index (χ2n) is 4.71. The molecule has 0 bridgehead atoms. The van der Waals surface area contributed by atoms with Crippen molar-refractivity contribution in [3.8, 4) is 0 Å². The van der Waals surface area contributed by atoms with E-state index in [1.54, 1.807) is 19.1 Å². The first-order valence-corrected chi connectivity index (χ1v) is 7.04. The fraction of sp³-hybridized carbons (Fsp3) is 0.385. The number of aromatic amines is 1. The molecule has 0 amide bonds. The Bertz CT molecular complexity index is 664. The van der Waals surface area contributed by atoms with Crippen LogP contribution in [-0.2, 0) is 0 Å². The molecule has 0 radical (unpaired) electrons. The molecule has 0 fully saturated rings. The van der Waals surface area contributed by atoms with Crippen molar-refractivity contribution < 1.29 is 9.50 Å². The average Bonchev–Trinajstić information content (AvgIpc) is 2.72. The number of H-pyrrole nitrogens is 1. The Kier molecular flexibility index (Phi) is 4.29. The van der Waals surface area contributed by atoms with Gasteiger partial charge in [0.15, 0.2) is 5.16 Å². The molecule has 108 valence electrons. The van der Waals surface area contributed by atoms with Crippen molar-refractivity contribution in [1.29, 1.82) is 0 Å². The highest BCUT2D eigenvalue weighted by Gasteiger charge is 2.18. The lowest BCUT2D eigenvalue weighted by Gasteiger charge is -2.13. The Morgan fingerprint density at radius 1 is 1.40 bits per heavy atom. The van der Waals surface area contributed by atoms with E-state index < -0.39 is 11.9 Å². The summed E-state index contributed by atoms with van der Waals surface area (Å²) >= 11 is 1.03. The van der Waals surface area contributed by atoms with Crippen molar-refractivity contribution in [2.75, 3.05) is 0 Å². The van der Waals surface area contributed by atoms with E-state index in [9.17, 15) is 14.3 Å². The van der Waals surface area contributed by atoms with Crippen molar-refractivity contribution >= 4 is 11.8 Å². The van der Waals surface area contributed by atoms with Gasteiger partial charge in [-0.05, 0) is 44.2 Å². The molecule has 0 aliphatic rings. The fourth-order valence-corrected chi connectivity index (χ4v) is 3.06. The molecule has 7 heteroatoms. The van der Waals surface area contributed by atoms with Crippen LogP contribution in [0.4, 0.5) is 4.39 Å². The van der Waals surface area contributed by atoms with Gasteiger partial charge in [0, 0.05) is 6.04 Å². The minimum atomic E-state index is -0.800. The zero-order chi connectivity index (χ0) is 14.9. The van der Waals surface area contributed by atoms with Crippen molar-refractivity contribution in [3.05, 3.63) is 40.1 Å². The van der Waals surface area contributed by atoms with Crippen LogP contribution in [0.5, 0.6) is 0 Å². The van der Waals surface area contributed by atoms with E-state index in [1.807, 2.05) is 13.8 Å². The molecule has 2 N–H and O–H groups in total. The number of nitrogens with one attached hydrogen (secondary N) is 1. The SMILES string of the molecule is CC(C)n1c(Sc2c(F)cccc2[C@@H](C)O)n[nH]c1=O. The van der Waals surface area contributed by atoms with Crippen molar-refractivity contribution in [2.24, 2.45) is 0 Å². The summed E-state index contributed by atoms with van der Waals surface area (Å²) in [5, 5.41) is 16.4. The number of halogens is 1. The van der Waals surface area contributed by atoms with E-state index >= 15 is 0 Å². The number of benzene rings is 1. The number of aliphatic hydroxyl groups is 1. The summed E-state index contributed by atoms with van der Waals surface area (Å²) in [5.41, 5.74) is 0.137. The Morgan fingerprint density at radius 3 is 2.70 bits per heavy atom.